The first-order chi connectivity index (χ1) is 15.0. The quantitative estimate of drug-likeness (QED) is 0.712. The van der Waals surface area contributed by atoms with E-state index in [9.17, 15) is 16.8 Å². The fraction of sp³-hybridized carbons (Fsp3) is 0.478. The van der Waals surface area contributed by atoms with Crippen molar-refractivity contribution in [2.24, 2.45) is 5.92 Å². The van der Waals surface area contributed by atoms with Crippen LogP contribution in [0.3, 0.4) is 0 Å². The molecule has 0 aliphatic carbocycles. The second kappa shape index (κ2) is 10.0. The van der Waals surface area contributed by atoms with Gasteiger partial charge in [0.2, 0.25) is 20.0 Å². The molecule has 0 aromatic heterocycles. The molecule has 176 valence electrons. The lowest BCUT2D eigenvalue weighted by Crippen LogP contribution is -2.51. The number of rotatable bonds is 5. The van der Waals surface area contributed by atoms with Crippen molar-refractivity contribution in [3.8, 4) is 0 Å². The number of nitrogens with zero attached hydrogens (tertiary/aromatic N) is 2. The molecule has 0 bridgehead atoms. The Morgan fingerprint density at radius 1 is 0.781 bits per heavy atom. The number of hydrogen-bond acceptors (Lipinski definition) is 5. The van der Waals surface area contributed by atoms with Crippen LogP contribution in [0.1, 0.15) is 25.0 Å². The molecule has 1 fully saturated rings. The fourth-order valence-corrected chi connectivity index (χ4v) is 7.05. The van der Waals surface area contributed by atoms with E-state index in [1.165, 1.54) is 8.61 Å². The number of aryl methyl sites for hydroxylation is 2. The Balaban J connectivity index is 2.00. The molecule has 0 unspecified atom stereocenters. The molecule has 32 heavy (non-hydrogen) atoms. The molecule has 1 atom stereocenters. The van der Waals surface area contributed by atoms with Crippen LogP contribution in [0.15, 0.2) is 58.3 Å². The molecule has 0 saturated carbocycles. The van der Waals surface area contributed by atoms with E-state index in [0.29, 0.717) is 13.1 Å². The molecule has 9 heteroatoms. The van der Waals surface area contributed by atoms with Crippen molar-refractivity contribution in [1.29, 1.82) is 0 Å². The summed E-state index contributed by atoms with van der Waals surface area (Å²) in [5.74, 6) is -0.0796. The lowest BCUT2D eigenvalue weighted by Gasteiger charge is -2.35. The molecule has 0 spiro atoms. The lowest BCUT2D eigenvalue weighted by molar-refractivity contribution is 0.226. The summed E-state index contributed by atoms with van der Waals surface area (Å²) in [5, 5.41) is 3.20. The van der Waals surface area contributed by atoms with E-state index >= 15 is 0 Å². The Bertz CT molecular complexity index is 1110. The Hall–Kier alpha value is -1.78. The van der Waals surface area contributed by atoms with Gasteiger partial charge < -0.3 is 5.32 Å². The van der Waals surface area contributed by atoms with Gasteiger partial charge in [-0.3, -0.25) is 0 Å². The molecular weight excluding hydrogens is 446 g/mol. The predicted octanol–water partition coefficient (Wildman–Crippen LogP) is 2.61. The molecule has 3 rings (SSSR count). The van der Waals surface area contributed by atoms with Crippen LogP contribution < -0.4 is 5.32 Å². The van der Waals surface area contributed by atoms with Crippen LogP contribution in [0.2, 0.25) is 0 Å². The maximum atomic E-state index is 13.6. The van der Waals surface area contributed by atoms with Crippen LogP contribution in [-0.2, 0) is 20.0 Å². The Morgan fingerprint density at radius 2 is 1.25 bits per heavy atom. The van der Waals surface area contributed by atoms with E-state index in [0.717, 1.165) is 11.1 Å². The molecular formula is C23H33N3O4S2. The smallest absolute Gasteiger partial charge is 0.243 e. The normalized spacial score (nSPS) is 20.0. The predicted molar refractivity (Wildman–Crippen MR) is 127 cm³/mol. The molecule has 1 saturated heterocycles. The standard InChI is InChI=1S/C23H33N3O4S2/c1-18(2)23-17-25(31(27,28)21-9-5-19(3)6-10-21)15-13-24-14-16-26(23)32(29,30)22-11-7-20(4)8-12-22/h5-12,18,23-24H,13-17H2,1-4H3/t23-/m1/s1. The molecule has 7 nitrogen and oxygen atoms in total. The number of benzene rings is 2. The summed E-state index contributed by atoms with van der Waals surface area (Å²) >= 11 is 0. The zero-order valence-electron chi connectivity index (χ0n) is 19.2. The summed E-state index contributed by atoms with van der Waals surface area (Å²) < 4.78 is 56.9. The summed E-state index contributed by atoms with van der Waals surface area (Å²) in [7, 11) is -7.56. The molecule has 1 aliphatic rings. The van der Waals surface area contributed by atoms with E-state index in [1.54, 1.807) is 48.5 Å². The molecule has 0 radical (unpaired) electrons. The van der Waals surface area contributed by atoms with Gasteiger partial charge in [0.05, 0.1) is 9.79 Å². The zero-order valence-corrected chi connectivity index (χ0v) is 20.8. The summed E-state index contributed by atoms with van der Waals surface area (Å²) in [5.41, 5.74) is 1.95. The first-order valence-electron chi connectivity index (χ1n) is 10.9. The van der Waals surface area contributed by atoms with Gasteiger partial charge in [0.1, 0.15) is 0 Å². The average Bonchev–Trinajstić information content (AvgIpc) is 2.85. The van der Waals surface area contributed by atoms with Crippen LogP contribution in [0, 0.1) is 19.8 Å². The Labute approximate surface area is 192 Å². The van der Waals surface area contributed by atoms with Crippen LogP contribution in [-0.4, -0.2) is 64.2 Å². The van der Waals surface area contributed by atoms with Gasteiger partial charge in [-0.25, -0.2) is 16.8 Å². The van der Waals surface area contributed by atoms with Crippen molar-refractivity contribution >= 4 is 20.0 Å². The Kier molecular flexibility index (Phi) is 7.77. The first-order valence-corrected chi connectivity index (χ1v) is 13.8. The SMILES string of the molecule is Cc1ccc(S(=O)(=O)N2CCNCCN(S(=O)(=O)c3ccc(C)cc3)[C@@H](C(C)C)C2)cc1. The van der Waals surface area contributed by atoms with Crippen LogP contribution >= 0.6 is 0 Å². The van der Waals surface area contributed by atoms with E-state index in [-0.39, 0.29) is 35.3 Å². The monoisotopic (exact) mass is 479 g/mol. The van der Waals surface area contributed by atoms with E-state index in [4.69, 9.17) is 0 Å². The fourth-order valence-electron chi connectivity index (χ4n) is 3.84. The van der Waals surface area contributed by atoms with Crippen LogP contribution in [0.4, 0.5) is 0 Å². The van der Waals surface area contributed by atoms with Gasteiger partial charge >= 0.3 is 0 Å². The lowest BCUT2D eigenvalue weighted by atomic mass is 10.0. The van der Waals surface area contributed by atoms with Crippen molar-refractivity contribution < 1.29 is 16.8 Å². The van der Waals surface area contributed by atoms with Crippen molar-refractivity contribution in [2.45, 2.75) is 43.5 Å². The van der Waals surface area contributed by atoms with Crippen LogP contribution in [0.25, 0.3) is 0 Å². The van der Waals surface area contributed by atoms with Gasteiger partial charge in [0.25, 0.3) is 0 Å². The minimum Gasteiger partial charge on any atom is -0.314 e. The van der Waals surface area contributed by atoms with Crippen LogP contribution in [0.5, 0.6) is 0 Å². The average molecular weight is 480 g/mol. The highest BCUT2D eigenvalue weighted by Crippen LogP contribution is 2.26. The molecule has 0 amide bonds. The van der Waals surface area contributed by atoms with Gasteiger partial charge in [0, 0.05) is 38.8 Å². The third kappa shape index (κ3) is 5.40. The number of hydrogen-bond donors (Lipinski definition) is 1. The maximum Gasteiger partial charge on any atom is 0.243 e. The Morgan fingerprint density at radius 3 is 1.75 bits per heavy atom. The summed E-state index contributed by atoms with van der Waals surface area (Å²) in [6.07, 6.45) is 0. The highest BCUT2D eigenvalue weighted by molar-refractivity contribution is 7.89. The molecule has 2 aromatic carbocycles. The minimum atomic E-state index is -3.80. The third-order valence-electron chi connectivity index (χ3n) is 5.86. The minimum absolute atomic E-state index is 0.0796. The summed E-state index contributed by atoms with van der Waals surface area (Å²) in [6.45, 7) is 9.24. The van der Waals surface area contributed by atoms with Gasteiger partial charge in [-0.1, -0.05) is 49.2 Å². The van der Waals surface area contributed by atoms with Crippen molar-refractivity contribution in [1.82, 2.24) is 13.9 Å². The van der Waals surface area contributed by atoms with E-state index in [2.05, 4.69) is 5.32 Å². The highest BCUT2D eigenvalue weighted by atomic mass is 32.2. The van der Waals surface area contributed by atoms with E-state index < -0.39 is 26.1 Å². The van der Waals surface area contributed by atoms with Gasteiger partial charge in [-0.05, 0) is 44.0 Å². The first kappa shape index (κ1) is 24.9. The largest absolute Gasteiger partial charge is 0.314 e. The van der Waals surface area contributed by atoms with Gasteiger partial charge in [0.15, 0.2) is 0 Å². The van der Waals surface area contributed by atoms with Gasteiger partial charge in [-0.2, -0.15) is 8.61 Å². The molecule has 1 N–H and O–H groups in total. The highest BCUT2D eigenvalue weighted by Gasteiger charge is 2.37. The second-order valence-electron chi connectivity index (χ2n) is 8.67. The van der Waals surface area contributed by atoms with Crippen molar-refractivity contribution in [3.63, 3.8) is 0 Å². The summed E-state index contributed by atoms with van der Waals surface area (Å²) in [4.78, 5) is 0.443. The summed E-state index contributed by atoms with van der Waals surface area (Å²) in [6, 6.07) is 13.0. The number of sulfonamides is 2. The molecule has 2 aromatic rings. The second-order valence-corrected chi connectivity index (χ2v) is 12.5. The van der Waals surface area contributed by atoms with Gasteiger partial charge in [-0.15, -0.1) is 0 Å². The van der Waals surface area contributed by atoms with Crippen molar-refractivity contribution in [3.05, 3.63) is 59.7 Å². The topological polar surface area (TPSA) is 86.8 Å². The molecule has 1 aliphatic heterocycles. The van der Waals surface area contributed by atoms with Crippen molar-refractivity contribution in [2.75, 3.05) is 32.7 Å². The molecule has 1 heterocycles. The number of nitrogens with one attached hydrogen (secondary N) is 1. The maximum absolute atomic E-state index is 13.6. The zero-order chi connectivity index (χ0) is 23.5. The third-order valence-corrected chi connectivity index (χ3v) is 9.68. The van der Waals surface area contributed by atoms with E-state index in [1.807, 2.05) is 27.7 Å².